The zero-order valence-electron chi connectivity index (χ0n) is 17.6. The molecule has 2 aromatic carbocycles. The zero-order valence-corrected chi connectivity index (χ0v) is 17.6. The van der Waals surface area contributed by atoms with Gasteiger partial charge in [0, 0.05) is 25.9 Å². The number of carbonyl (C=O) groups is 2. The number of nitrogens with zero attached hydrogens (tertiary/aromatic N) is 2. The fourth-order valence-electron chi connectivity index (χ4n) is 3.56. The van der Waals surface area contributed by atoms with E-state index >= 15 is 0 Å². The van der Waals surface area contributed by atoms with Gasteiger partial charge in [-0.05, 0) is 47.9 Å². The first kappa shape index (κ1) is 20.5. The van der Waals surface area contributed by atoms with Crippen LogP contribution in [0.2, 0.25) is 0 Å². The molecule has 0 aliphatic carbocycles. The number of ether oxygens (including phenoxy) is 2. The molecule has 4 rings (SSSR count). The number of benzene rings is 2. The summed E-state index contributed by atoms with van der Waals surface area (Å²) in [7, 11) is 4.96. The van der Waals surface area contributed by atoms with Crippen LogP contribution in [0.3, 0.4) is 0 Å². The average Bonchev–Trinajstić information content (AvgIpc) is 3.33. The van der Waals surface area contributed by atoms with Crippen LogP contribution in [0.15, 0.2) is 48.8 Å². The molecule has 2 heterocycles. The van der Waals surface area contributed by atoms with Gasteiger partial charge in [0.15, 0.2) is 0 Å². The molecule has 1 aliphatic heterocycles. The van der Waals surface area contributed by atoms with Crippen LogP contribution in [0.25, 0.3) is 11.1 Å². The third-order valence-electron chi connectivity index (χ3n) is 5.29. The molecular formula is C23H24N4O4. The van der Waals surface area contributed by atoms with Crippen LogP contribution in [-0.4, -0.2) is 54.7 Å². The first-order valence-corrected chi connectivity index (χ1v) is 9.91. The molecule has 3 aromatic rings. The third kappa shape index (κ3) is 4.23. The highest BCUT2D eigenvalue weighted by Gasteiger charge is 2.27. The molecule has 160 valence electrons. The normalized spacial score (nSPS) is 14.9. The number of aromatic amines is 1. The van der Waals surface area contributed by atoms with E-state index in [0.717, 1.165) is 28.2 Å². The van der Waals surface area contributed by atoms with Crippen molar-refractivity contribution in [3.05, 3.63) is 59.9 Å². The van der Waals surface area contributed by atoms with Crippen LogP contribution >= 0.6 is 0 Å². The SMILES string of the molecule is COc1ccc2c(c1)C[C@@H](C(=O)Nc1ccc(-c3cn[nH]c3)cc1C(=O)N(C)C)CO2. The molecule has 0 saturated heterocycles. The van der Waals surface area contributed by atoms with Gasteiger partial charge in [0.1, 0.15) is 18.1 Å². The van der Waals surface area contributed by atoms with Gasteiger partial charge >= 0.3 is 0 Å². The number of methoxy groups -OCH3 is 1. The highest BCUT2D eigenvalue weighted by Crippen LogP contribution is 2.32. The van der Waals surface area contributed by atoms with E-state index in [1.54, 1.807) is 45.7 Å². The van der Waals surface area contributed by atoms with Crippen LogP contribution in [0, 0.1) is 5.92 Å². The summed E-state index contributed by atoms with van der Waals surface area (Å²) in [5.74, 6) is 0.707. The Hall–Kier alpha value is -3.81. The largest absolute Gasteiger partial charge is 0.497 e. The fourth-order valence-corrected chi connectivity index (χ4v) is 3.56. The molecule has 0 unspecified atom stereocenters. The average molecular weight is 420 g/mol. The quantitative estimate of drug-likeness (QED) is 0.662. The Kier molecular flexibility index (Phi) is 5.62. The molecule has 0 fully saturated rings. The number of hydrogen-bond acceptors (Lipinski definition) is 5. The fraction of sp³-hybridized carbons (Fsp3) is 0.261. The molecule has 0 saturated carbocycles. The number of hydrogen-bond donors (Lipinski definition) is 2. The van der Waals surface area contributed by atoms with Gasteiger partial charge in [-0.25, -0.2) is 0 Å². The van der Waals surface area contributed by atoms with E-state index in [4.69, 9.17) is 9.47 Å². The molecule has 8 heteroatoms. The minimum atomic E-state index is -0.379. The van der Waals surface area contributed by atoms with Crippen LogP contribution in [-0.2, 0) is 11.2 Å². The molecule has 0 radical (unpaired) electrons. The van der Waals surface area contributed by atoms with E-state index in [0.29, 0.717) is 17.7 Å². The zero-order chi connectivity index (χ0) is 22.0. The van der Waals surface area contributed by atoms with Crippen molar-refractivity contribution in [2.75, 3.05) is 33.1 Å². The maximum atomic E-state index is 13.0. The van der Waals surface area contributed by atoms with Crippen LogP contribution in [0.1, 0.15) is 15.9 Å². The molecule has 1 aliphatic rings. The van der Waals surface area contributed by atoms with E-state index in [1.165, 1.54) is 4.90 Å². The molecule has 8 nitrogen and oxygen atoms in total. The summed E-state index contributed by atoms with van der Waals surface area (Å²) in [6, 6.07) is 10.9. The number of carbonyl (C=O) groups excluding carboxylic acids is 2. The van der Waals surface area contributed by atoms with Crippen molar-refractivity contribution in [3.63, 3.8) is 0 Å². The number of fused-ring (bicyclic) bond motifs is 1. The Bertz CT molecular complexity index is 1110. The standard InChI is InChI=1S/C23H24N4O4/c1-27(2)23(29)19-10-14(17-11-24-25-12-17)4-6-20(19)26-22(28)16-8-15-9-18(30-3)5-7-21(15)31-13-16/h4-7,9-12,16H,8,13H2,1-3H3,(H,24,25)(H,26,28)/t16-/m1/s1. The van der Waals surface area contributed by atoms with Gasteiger partial charge in [0.2, 0.25) is 5.91 Å². The lowest BCUT2D eigenvalue weighted by molar-refractivity contribution is -0.121. The highest BCUT2D eigenvalue weighted by atomic mass is 16.5. The van der Waals surface area contributed by atoms with Crippen molar-refractivity contribution in [2.45, 2.75) is 6.42 Å². The summed E-state index contributed by atoms with van der Waals surface area (Å²) in [5, 5.41) is 9.65. The van der Waals surface area contributed by atoms with E-state index in [1.807, 2.05) is 24.3 Å². The molecule has 0 bridgehead atoms. The molecule has 1 aromatic heterocycles. The highest BCUT2D eigenvalue weighted by molar-refractivity contribution is 6.05. The lowest BCUT2D eigenvalue weighted by Gasteiger charge is -2.25. The summed E-state index contributed by atoms with van der Waals surface area (Å²) in [4.78, 5) is 27.3. The number of nitrogens with one attached hydrogen (secondary N) is 2. The van der Waals surface area contributed by atoms with Crippen LogP contribution in [0.4, 0.5) is 5.69 Å². The number of amides is 2. The summed E-state index contributed by atoms with van der Waals surface area (Å²) >= 11 is 0. The maximum Gasteiger partial charge on any atom is 0.255 e. The molecular weight excluding hydrogens is 396 g/mol. The second-order valence-corrected chi connectivity index (χ2v) is 7.62. The molecule has 31 heavy (non-hydrogen) atoms. The molecule has 1 atom stereocenters. The second kappa shape index (κ2) is 8.51. The molecule has 2 amide bonds. The number of rotatable bonds is 5. The van der Waals surface area contributed by atoms with E-state index in [-0.39, 0.29) is 24.3 Å². The van der Waals surface area contributed by atoms with Crippen LogP contribution in [0.5, 0.6) is 11.5 Å². The number of H-pyrrole nitrogens is 1. The Morgan fingerprint density at radius 1 is 1.19 bits per heavy atom. The molecule has 0 spiro atoms. The predicted octanol–water partition coefficient (Wildman–Crippen LogP) is 2.98. The van der Waals surface area contributed by atoms with Crippen molar-refractivity contribution in [1.82, 2.24) is 15.1 Å². The van der Waals surface area contributed by atoms with Gasteiger partial charge in [0.25, 0.3) is 5.91 Å². The van der Waals surface area contributed by atoms with Crippen molar-refractivity contribution >= 4 is 17.5 Å². The van der Waals surface area contributed by atoms with E-state index in [9.17, 15) is 9.59 Å². The first-order valence-electron chi connectivity index (χ1n) is 9.91. The minimum absolute atomic E-state index is 0.197. The summed E-state index contributed by atoms with van der Waals surface area (Å²) in [6.45, 7) is 0.273. The van der Waals surface area contributed by atoms with Crippen molar-refractivity contribution in [2.24, 2.45) is 5.92 Å². The second-order valence-electron chi connectivity index (χ2n) is 7.62. The van der Waals surface area contributed by atoms with Gasteiger partial charge in [-0.1, -0.05) is 6.07 Å². The maximum absolute atomic E-state index is 13.0. The number of anilines is 1. The Morgan fingerprint density at radius 3 is 2.74 bits per heavy atom. The van der Waals surface area contributed by atoms with E-state index < -0.39 is 0 Å². The van der Waals surface area contributed by atoms with Crippen molar-refractivity contribution < 1.29 is 19.1 Å². The van der Waals surface area contributed by atoms with Gasteiger partial charge in [0.05, 0.1) is 30.5 Å². The third-order valence-corrected chi connectivity index (χ3v) is 5.29. The van der Waals surface area contributed by atoms with Crippen LogP contribution < -0.4 is 14.8 Å². The summed E-state index contributed by atoms with van der Waals surface area (Å²) in [6.07, 6.45) is 3.97. The van der Waals surface area contributed by atoms with Gasteiger partial charge in [-0.2, -0.15) is 5.10 Å². The van der Waals surface area contributed by atoms with Gasteiger partial charge in [-0.3, -0.25) is 14.7 Å². The lowest BCUT2D eigenvalue weighted by Crippen LogP contribution is -2.33. The molecule has 2 N–H and O–H groups in total. The summed E-state index contributed by atoms with van der Waals surface area (Å²) in [5.41, 5.74) is 3.49. The Morgan fingerprint density at radius 2 is 2.03 bits per heavy atom. The van der Waals surface area contributed by atoms with Gasteiger partial charge in [-0.15, -0.1) is 0 Å². The monoisotopic (exact) mass is 420 g/mol. The predicted molar refractivity (Wildman–Crippen MR) is 116 cm³/mol. The lowest BCUT2D eigenvalue weighted by atomic mass is 9.95. The van der Waals surface area contributed by atoms with Crippen molar-refractivity contribution in [1.29, 1.82) is 0 Å². The smallest absolute Gasteiger partial charge is 0.255 e. The summed E-state index contributed by atoms with van der Waals surface area (Å²) < 4.78 is 11.0. The first-order chi connectivity index (χ1) is 15.0. The van der Waals surface area contributed by atoms with Gasteiger partial charge < -0.3 is 19.7 Å². The Labute approximate surface area is 180 Å². The topological polar surface area (TPSA) is 96.5 Å². The van der Waals surface area contributed by atoms with Crippen molar-refractivity contribution in [3.8, 4) is 22.6 Å². The van der Waals surface area contributed by atoms with E-state index in [2.05, 4.69) is 15.5 Å². The number of aromatic nitrogens is 2. The Balaban J connectivity index is 1.58. The minimum Gasteiger partial charge on any atom is -0.497 e.